The lowest BCUT2D eigenvalue weighted by Crippen LogP contribution is -2.38. The molecular weight excluding hydrogens is 232 g/mol. The van der Waals surface area contributed by atoms with Crippen molar-refractivity contribution in [2.24, 2.45) is 0 Å². The Balaban J connectivity index is 2.36. The van der Waals surface area contributed by atoms with Crippen LogP contribution < -0.4 is 5.32 Å². The molecular formula is C8H14N4O3S. The number of aromatic nitrogens is 3. The molecule has 0 saturated heterocycles. The smallest absolute Gasteiger partial charge is 0.238 e. The highest BCUT2D eigenvalue weighted by atomic mass is 32.2. The second-order valence-corrected chi connectivity index (χ2v) is 5.81. The number of amides is 1. The molecule has 0 fully saturated rings. The Morgan fingerprint density at radius 3 is 2.81 bits per heavy atom. The molecule has 1 aromatic heterocycles. The molecule has 1 atom stereocenters. The van der Waals surface area contributed by atoms with Crippen LogP contribution in [0.3, 0.4) is 0 Å². The minimum Gasteiger partial charge on any atom is -0.355 e. The van der Waals surface area contributed by atoms with Crippen molar-refractivity contribution in [2.45, 2.75) is 18.6 Å². The summed E-state index contributed by atoms with van der Waals surface area (Å²) in [4.78, 5) is 15.3. The predicted octanol–water partition coefficient (Wildman–Crippen LogP) is -1.10. The van der Waals surface area contributed by atoms with Crippen LogP contribution in [-0.4, -0.2) is 47.6 Å². The number of sulfone groups is 1. The lowest BCUT2D eigenvalue weighted by atomic mass is 10.4. The number of rotatable bonds is 5. The fourth-order valence-corrected chi connectivity index (χ4v) is 1.47. The lowest BCUT2D eigenvalue weighted by molar-refractivity contribution is -0.120. The second-order valence-electron chi connectivity index (χ2n) is 3.44. The van der Waals surface area contributed by atoms with Crippen LogP contribution in [0, 0.1) is 0 Å². The molecule has 1 heterocycles. The van der Waals surface area contributed by atoms with Gasteiger partial charge in [-0.15, -0.1) is 0 Å². The van der Waals surface area contributed by atoms with Gasteiger partial charge in [-0.2, -0.15) is 5.10 Å². The molecule has 0 aromatic carbocycles. The summed E-state index contributed by atoms with van der Waals surface area (Å²) in [6, 6.07) is 0. The predicted molar refractivity (Wildman–Crippen MR) is 57.4 cm³/mol. The standard InChI is InChI=1S/C8H14N4O3S/c1-6(16(2,14)15)8(13)9-4-3-7-10-5-11-12-7/h5-6H,3-4H2,1-2H3,(H,9,13)(H,10,11,12). The van der Waals surface area contributed by atoms with Crippen LogP contribution in [0.2, 0.25) is 0 Å². The molecule has 2 N–H and O–H groups in total. The normalized spacial score (nSPS) is 13.4. The molecule has 8 heteroatoms. The third-order valence-corrected chi connectivity index (χ3v) is 3.64. The first-order valence-electron chi connectivity index (χ1n) is 4.72. The maximum atomic E-state index is 11.4. The largest absolute Gasteiger partial charge is 0.355 e. The molecule has 90 valence electrons. The molecule has 0 saturated carbocycles. The first-order chi connectivity index (χ1) is 7.41. The number of nitrogens with zero attached hydrogens (tertiary/aromatic N) is 2. The van der Waals surface area contributed by atoms with E-state index in [1.54, 1.807) is 0 Å². The molecule has 0 aliphatic rings. The monoisotopic (exact) mass is 246 g/mol. The van der Waals surface area contributed by atoms with E-state index in [0.717, 1.165) is 6.26 Å². The SMILES string of the molecule is CC(C(=O)NCCc1ncn[nH]1)S(C)(=O)=O. The first-order valence-corrected chi connectivity index (χ1v) is 6.67. The quantitative estimate of drug-likeness (QED) is 0.686. The van der Waals surface area contributed by atoms with Gasteiger partial charge in [-0.25, -0.2) is 13.4 Å². The van der Waals surface area contributed by atoms with Crippen molar-refractivity contribution < 1.29 is 13.2 Å². The van der Waals surface area contributed by atoms with Gasteiger partial charge in [-0.1, -0.05) is 0 Å². The van der Waals surface area contributed by atoms with Gasteiger partial charge in [0.25, 0.3) is 0 Å². The number of hydrogen-bond donors (Lipinski definition) is 2. The van der Waals surface area contributed by atoms with Gasteiger partial charge in [0.05, 0.1) is 0 Å². The number of carbonyl (C=O) groups excluding carboxylic acids is 1. The van der Waals surface area contributed by atoms with E-state index in [1.807, 2.05) is 0 Å². The summed E-state index contributed by atoms with van der Waals surface area (Å²) in [6.45, 7) is 1.69. The number of aromatic amines is 1. The highest BCUT2D eigenvalue weighted by Gasteiger charge is 2.22. The van der Waals surface area contributed by atoms with Crippen molar-refractivity contribution in [1.29, 1.82) is 0 Å². The van der Waals surface area contributed by atoms with Gasteiger partial charge in [0.15, 0.2) is 9.84 Å². The van der Waals surface area contributed by atoms with Crippen LogP contribution >= 0.6 is 0 Å². The van der Waals surface area contributed by atoms with E-state index < -0.39 is 21.0 Å². The van der Waals surface area contributed by atoms with Gasteiger partial charge < -0.3 is 5.32 Å². The average Bonchev–Trinajstić information content (AvgIpc) is 2.67. The summed E-state index contributed by atoms with van der Waals surface area (Å²) < 4.78 is 22.2. The number of nitrogens with one attached hydrogen (secondary N) is 2. The summed E-state index contributed by atoms with van der Waals surface area (Å²) in [5.74, 6) is 0.148. The minimum atomic E-state index is -3.33. The minimum absolute atomic E-state index is 0.327. The summed E-state index contributed by atoms with van der Waals surface area (Å²) in [5, 5.41) is 7.78. The van der Waals surface area contributed by atoms with Crippen molar-refractivity contribution in [2.75, 3.05) is 12.8 Å². The molecule has 0 radical (unpaired) electrons. The zero-order valence-electron chi connectivity index (χ0n) is 9.10. The average molecular weight is 246 g/mol. The summed E-state index contributed by atoms with van der Waals surface area (Å²) in [5.41, 5.74) is 0. The molecule has 0 aliphatic heterocycles. The van der Waals surface area contributed by atoms with Crippen molar-refractivity contribution in [3.63, 3.8) is 0 Å². The van der Waals surface area contributed by atoms with Gasteiger partial charge in [-0.3, -0.25) is 9.89 Å². The fraction of sp³-hybridized carbons (Fsp3) is 0.625. The maximum absolute atomic E-state index is 11.4. The van der Waals surface area contributed by atoms with Crippen LogP contribution in [-0.2, 0) is 21.1 Å². The molecule has 7 nitrogen and oxygen atoms in total. The topological polar surface area (TPSA) is 105 Å². The van der Waals surface area contributed by atoms with Gasteiger partial charge in [-0.05, 0) is 6.92 Å². The Hall–Kier alpha value is -1.44. The van der Waals surface area contributed by atoms with Gasteiger partial charge in [0, 0.05) is 19.2 Å². The first kappa shape index (κ1) is 12.6. The number of hydrogen-bond acceptors (Lipinski definition) is 5. The van der Waals surface area contributed by atoms with E-state index >= 15 is 0 Å². The van der Waals surface area contributed by atoms with Crippen LogP contribution in [0.25, 0.3) is 0 Å². The Morgan fingerprint density at radius 2 is 2.31 bits per heavy atom. The Bertz CT molecular complexity index is 440. The summed E-state index contributed by atoms with van der Waals surface area (Å²) in [7, 11) is -3.33. The van der Waals surface area contributed by atoms with E-state index in [4.69, 9.17) is 0 Å². The zero-order chi connectivity index (χ0) is 12.2. The highest BCUT2D eigenvalue weighted by molar-refractivity contribution is 7.92. The van der Waals surface area contributed by atoms with Crippen LogP contribution in [0.5, 0.6) is 0 Å². The maximum Gasteiger partial charge on any atom is 0.238 e. The van der Waals surface area contributed by atoms with E-state index in [2.05, 4.69) is 20.5 Å². The summed E-state index contributed by atoms with van der Waals surface area (Å²) >= 11 is 0. The molecule has 1 rings (SSSR count). The lowest BCUT2D eigenvalue weighted by Gasteiger charge is -2.09. The van der Waals surface area contributed by atoms with Gasteiger partial charge >= 0.3 is 0 Å². The van der Waals surface area contributed by atoms with Crippen molar-refractivity contribution in [3.05, 3.63) is 12.2 Å². The molecule has 0 bridgehead atoms. The molecule has 16 heavy (non-hydrogen) atoms. The van der Waals surface area contributed by atoms with Crippen LogP contribution in [0.15, 0.2) is 6.33 Å². The van der Waals surface area contributed by atoms with E-state index in [-0.39, 0.29) is 0 Å². The highest BCUT2D eigenvalue weighted by Crippen LogP contribution is 1.97. The van der Waals surface area contributed by atoms with E-state index in [9.17, 15) is 13.2 Å². The third-order valence-electron chi connectivity index (χ3n) is 2.14. The number of H-pyrrole nitrogens is 1. The van der Waals surface area contributed by atoms with Gasteiger partial charge in [0.2, 0.25) is 5.91 Å². The Kier molecular flexibility index (Phi) is 3.99. The van der Waals surface area contributed by atoms with E-state index in [1.165, 1.54) is 13.3 Å². The zero-order valence-corrected chi connectivity index (χ0v) is 9.91. The number of carbonyl (C=O) groups is 1. The Labute approximate surface area is 93.6 Å². The van der Waals surface area contributed by atoms with Crippen LogP contribution in [0.4, 0.5) is 0 Å². The van der Waals surface area contributed by atoms with E-state index in [0.29, 0.717) is 18.8 Å². The molecule has 0 aliphatic carbocycles. The summed E-state index contributed by atoms with van der Waals surface area (Å²) in [6.07, 6.45) is 2.90. The molecule has 1 amide bonds. The third kappa shape index (κ3) is 3.61. The van der Waals surface area contributed by atoms with Crippen molar-refractivity contribution >= 4 is 15.7 Å². The van der Waals surface area contributed by atoms with Gasteiger partial charge in [0.1, 0.15) is 17.4 Å². The van der Waals surface area contributed by atoms with Crippen LogP contribution in [0.1, 0.15) is 12.7 Å². The Morgan fingerprint density at radius 1 is 1.62 bits per heavy atom. The van der Waals surface area contributed by atoms with Crippen molar-refractivity contribution in [3.8, 4) is 0 Å². The fourth-order valence-electron chi connectivity index (χ4n) is 0.994. The molecule has 1 aromatic rings. The molecule has 0 spiro atoms. The second kappa shape index (κ2) is 5.06. The molecule has 1 unspecified atom stereocenters. The van der Waals surface area contributed by atoms with Crippen molar-refractivity contribution in [1.82, 2.24) is 20.5 Å².